The van der Waals surface area contributed by atoms with Gasteiger partial charge in [0.2, 0.25) is 0 Å². The summed E-state index contributed by atoms with van der Waals surface area (Å²) in [6.45, 7) is 4.00. The van der Waals surface area contributed by atoms with Crippen LogP contribution in [-0.4, -0.2) is 18.5 Å². The van der Waals surface area contributed by atoms with E-state index in [1.807, 2.05) is 0 Å². The second-order valence-electron chi connectivity index (χ2n) is 8.86. The summed E-state index contributed by atoms with van der Waals surface area (Å²) in [6.07, 6.45) is 6.26. The molecule has 4 saturated carbocycles. The molecular weight excluding hydrogens is 314 g/mol. The van der Waals surface area contributed by atoms with Crippen LogP contribution in [0.1, 0.15) is 55.2 Å². The molecule has 0 radical (unpaired) electrons. The molecule has 4 nitrogen and oxygen atoms in total. The zero-order valence-corrected chi connectivity index (χ0v) is 15.1. The monoisotopic (exact) mass is 341 g/mol. The van der Waals surface area contributed by atoms with Crippen molar-refractivity contribution in [3.05, 3.63) is 34.9 Å². The first-order valence-electron chi connectivity index (χ1n) is 9.35. The van der Waals surface area contributed by atoms with Gasteiger partial charge in [-0.2, -0.15) is 0 Å². The van der Waals surface area contributed by atoms with Crippen LogP contribution in [0, 0.1) is 31.1 Å². The van der Waals surface area contributed by atoms with Crippen molar-refractivity contribution in [3.63, 3.8) is 0 Å². The Morgan fingerprint density at radius 2 is 1.80 bits per heavy atom. The van der Waals surface area contributed by atoms with Crippen LogP contribution in [0.15, 0.2) is 18.2 Å². The van der Waals surface area contributed by atoms with Gasteiger partial charge in [-0.15, -0.1) is 0 Å². The topological polar surface area (TPSA) is 69.4 Å². The molecule has 134 valence electrons. The quantitative estimate of drug-likeness (QED) is 0.855. The fraction of sp³-hybridized carbons (Fsp3) is 0.619. The number of benzene rings is 1. The highest BCUT2D eigenvalue weighted by Crippen LogP contribution is 2.66. The highest BCUT2D eigenvalue weighted by atomic mass is 16.5. The summed E-state index contributed by atoms with van der Waals surface area (Å²) in [5.41, 5.74) is 8.85. The maximum atomic E-state index is 12.9. The van der Waals surface area contributed by atoms with Crippen LogP contribution in [0.3, 0.4) is 0 Å². The van der Waals surface area contributed by atoms with Crippen molar-refractivity contribution >= 4 is 11.9 Å². The molecule has 0 aliphatic heterocycles. The summed E-state index contributed by atoms with van der Waals surface area (Å²) in [5.74, 6) is 0.392. The van der Waals surface area contributed by atoms with Gasteiger partial charge in [0.25, 0.3) is 5.91 Å². The van der Waals surface area contributed by atoms with E-state index in [2.05, 4.69) is 32.0 Å². The zero-order chi connectivity index (χ0) is 17.8. The number of amides is 1. The fourth-order valence-electron chi connectivity index (χ4n) is 6.20. The first-order chi connectivity index (χ1) is 11.8. The molecule has 0 saturated heterocycles. The Kier molecular flexibility index (Phi) is 3.71. The van der Waals surface area contributed by atoms with Gasteiger partial charge >= 0.3 is 5.97 Å². The molecule has 0 aromatic heterocycles. The van der Waals surface area contributed by atoms with E-state index in [1.165, 1.54) is 36.0 Å². The van der Waals surface area contributed by atoms with Gasteiger partial charge in [-0.25, -0.2) is 0 Å². The standard InChI is InChI=1S/C21H27NO3/c1-13-3-4-17(5-14(13)2)20-7-15-6-16(8-20)10-21(9-15,12-20)19(24)25-11-18(22)23/h3-5,15-16H,6-12H2,1-2H3,(H2,22,23)/t15-,16+,20?,21?. The first-order valence-corrected chi connectivity index (χ1v) is 9.35. The van der Waals surface area contributed by atoms with Crippen molar-refractivity contribution < 1.29 is 14.3 Å². The van der Waals surface area contributed by atoms with Crippen LogP contribution in [0.2, 0.25) is 0 Å². The maximum absolute atomic E-state index is 12.9. The molecule has 25 heavy (non-hydrogen) atoms. The van der Waals surface area contributed by atoms with E-state index in [-0.39, 0.29) is 18.0 Å². The summed E-state index contributed by atoms with van der Waals surface area (Å²) in [7, 11) is 0. The van der Waals surface area contributed by atoms with Gasteiger partial charge in [-0.3, -0.25) is 9.59 Å². The number of rotatable bonds is 4. The molecule has 0 spiro atoms. The SMILES string of the molecule is Cc1ccc(C23C[C@@H]4C[C@@H](CC(C(=O)OCC(N)=O)(C4)C2)C3)cc1C. The first kappa shape index (κ1) is 16.6. The lowest BCUT2D eigenvalue weighted by Crippen LogP contribution is -2.57. The maximum Gasteiger partial charge on any atom is 0.312 e. The number of ether oxygens (including phenoxy) is 1. The van der Waals surface area contributed by atoms with Crippen molar-refractivity contribution in [1.29, 1.82) is 0 Å². The van der Waals surface area contributed by atoms with Gasteiger partial charge in [0.15, 0.2) is 6.61 Å². The van der Waals surface area contributed by atoms with E-state index in [0.717, 1.165) is 19.3 Å². The molecule has 1 aromatic rings. The number of hydrogen-bond acceptors (Lipinski definition) is 3. The normalized spacial score (nSPS) is 35.6. The third-order valence-corrected chi connectivity index (χ3v) is 6.96. The van der Waals surface area contributed by atoms with E-state index in [4.69, 9.17) is 10.5 Å². The second-order valence-corrected chi connectivity index (χ2v) is 8.86. The van der Waals surface area contributed by atoms with Gasteiger partial charge in [-0.05, 0) is 86.3 Å². The number of nitrogens with two attached hydrogens (primary N) is 1. The Labute approximate surface area is 149 Å². The average molecular weight is 341 g/mol. The fourth-order valence-corrected chi connectivity index (χ4v) is 6.20. The Balaban J connectivity index is 1.68. The smallest absolute Gasteiger partial charge is 0.312 e. The highest BCUT2D eigenvalue weighted by Gasteiger charge is 2.61. The van der Waals surface area contributed by atoms with Gasteiger partial charge in [0.1, 0.15) is 0 Å². The molecule has 4 atom stereocenters. The van der Waals surface area contributed by atoms with Crippen molar-refractivity contribution in [2.24, 2.45) is 23.0 Å². The van der Waals surface area contributed by atoms with Crippen LogP contribution in [0.5, 0.6) is 0 Å². The van der Waals surface area contributed by atoms with Crippen molar-refractivity contribution in [1.82, 2.24) is 0 Å². The highest BCUT2D eigenvalue weighted by molar-refractivity contribution is 5.82. The molecule has 2 N–H and O–H groups in total. The molecule has 0 heterocycles. The number of hydrogen-bond donors (Lipinski definition) is 1. The minimum absolute atomic E-state index is 0.0916. The minimum Gasteiger partial charge on any atom is -0.455 e. The van der Waals surface area contributed by atoms with E-state index in [9.17, 15) is 9.59 Å². The van der Waals surface area contributed by atoms with Crippen LogP contribution >= 0.6 is 0 Å². The molecule has 1 amide bonds. The third kappa shape index (κ3) is 2.66. The Morgan fingerprint density at radius 3 is 2.40 bits per heavy atom. The predicted octanol–water partition coefficient (Wildman–Crippen LogP) is 3.17. The predicted molar refractivity (Wildman–Crippen MR) is 94.9 cm³/mol. The Hall–Kier alpha value is -1.84. The lowest BCUT2D eigenvalue weighted by Gasteiger charge is -2.61. The Morgan fingerprint density at radius 1 is 1.12 bits per heavy atom. The summed E-state index contributed by atoms with van der Waals surface area (Å²) >= 11 is 0. The van der Waals surface area contributed by atoms with E-state index in [0.29, 0.717) is 11.8 Å². The number of esters is 1. The molecule has 4 bridgehead atoms. The number of primary amides is 1. The molecule has 4 aliphatic rings. The lowest BCUT2D eigenvalue weighted by molar-refractivity contribution is -0.175. The minimum atomic E-state index is -0.582. The van der Waals surface area contributed by atoms with Crippen molar-refractivity contribution in [3.8, 4) is 0 Å². The molecule has 1 aromatic carbocycles. The van der Waals surface area contributed by atoms with Gasteiger partial charge < -0.3 is 10.5 Å². The molecule has 4 fully saturated rings. The van der Waals surface area contributed by atoms with Crippen molar-refractivity contribution in [2.75, 3.05) is 6.61 Å². The van der Waals surface area contributed by atoms with Gasteiger partial charge in [0.05, 0.1) is 5.41 Å². The van der Waals surface area contributed by atoms with Crippen LogP contribution < -0.4 is 5.73 Å². The Bertz CT molecular complexity index is 725. The van der Waals surface area contributed by atoms with Gasteiger partial charge in [0, 0.05) is 0 Å². The van der Waals surface area contributed by atoms with Crippen molar-refractivity contribution in [2.45, 2.75) is 57.8 Å². The summed E-state index contributed by atoms with van der Waals surface area (Å²) in [5, 5.41) is 0. The van der Waals surface area contributed by atoms with E-state index in [1.54, 1.807) is 0 Å². The van der Waals surface area contributed by atoms with Crippen LogP contribution in [0.25, 0.3) is 0 Å². The number of carbonyl (C=O) groups is 2. The van der Waals surface area contributed by atoms with E-state index >= 15 is 0 Å². The molecule has 4 heteroatoms. The summed E-state index contributed by atoms with van der Waals surface area (Å²) in [4.78, 5) is 23.9. The molecule has 2 unspecified atom stereocenters. The number of aryl methyl sites for hydroxylation is 2. The number of carbonyl (C=O) groups excluding carboxylic acids is 2. The lowest BCUT2D eigenvalue weighted by atomic mass is 9.43. The molecule has 5 rings (SSSR count). The molecular formula is C21H27NO3. The third-order valence-electron chi connectivity index (χ3n) is 6.96. The van der Waals surface area contributed by atoms with Crippen LogP contribution in [0.4, 0.5) is 0 Å². The van der Waals surface area contributed by atoms with E-state index < -0.39 is 11.3 Å². The van der Waals surface area contributed by atoms with Crippen LogP contribution in [-0.2, 0) is 19.7 Å². The zero-order valence-electron chi connectivity index (χ0n) is 15.1. The average Bonchev–Trinajstić information content (AvgIpc) is 2.53. The largest absolute Gasteiger partial charge is 0.455 e. The summed E-state index contributed by atoms with van der Waals surface area (Å²) < 4.78 is 5.30. The van der Waals surface area contributed by atoms with Gasteiger partial charge in [-0.1, -0.05) is 18.2 Å². The second kappa shape index (κ2) is 5.58. The molecule has 4 aliphatic carbocycles. The summed E-state index contributed by atoms with van der Waals surface area (Å²) in [6, 6.07) is 6.80.